The molecule has 0 atom stereocenters. The summed E-state index contributed by atoms with van der Waals surface area (Å²) < 4.78 is 7.85. The lowest BCUT2D eigenvalue weighted by molar-refractivity contribution is 0.347. The van der Waals surface area contributed by atoms with E-state index >= 15 is 0 Å². The number of fused-ring (bicyclic) bond motifs is 1. The fourth-order valence-corrected chi connectivity index (χ4v) is 3.87. The van der Waals surface area contributed by atoms with Gasteiger partial charge in [0.15, 0.2) is 0 Å². The van der Waals surface area contributed by atoms with E-state index in [1.54, 1.807) is 12.7 Å². The van der Waals surface area contributed by atoms with Crippen molar-refractivity contribution in [2.45, 2.75) is 26.6 Å². The van der Waals surface area contributed by atoms with Crippen molar-refractivity contribution in [3.63, 3.8) is 0 Å². The normalized spacial score (nSPS) is 12.0. The van der Waals surface area contributed by atoms with E-state index in [0.717, 1.165) is 22.3 Å². The van der Waals surface area contributed by atoms with Crippen LogP contribution in [0.2, 0.25) is 19.6 Å². The molecule has 0 saturated carbocycles. The minimum Gasteiger partial charge on any atom is -0.492 e. The van der Waals surface area contributed by atoms with Gasteiger partial charge in [0, 0.05) is 21.9 Å². The van der Waals surface area contributed by atoms with E-state index in [1.165, 1.54) is 5.32 Å². The maximum absolute atomic E-state index is 5.95. The van der Waals surface area contributed by atoms with Crippen molar-refractivity contribution in [2.75, 3.05) is 6.61 Å². The lowest BCUT2D eigenvalue weighted by Crippen LogP contribution is -2.39. The number of hydrogen-bond acceptors (Lipinski definition) is 3. The van der Waals surface area contributed by atoms with E-state index in [4.69, 9.17) is 4.74 Å². The summed E-state index contributed by atoms with van der Waals surface area (Å²) in [6.45, 7) is 9.65. The third-order valence-corrected chi connectivity index (χ3v) is 5.34. The Morgan fingerprint density at radius 1 is 1.19 bits per heavy atom. The Kier molecular flexibility index (Phi) is 3.33. The summed E-state index contributed by atoms with van der Waals surface area (Å²) in [7, 11) is -1.49. The van der Waals surface area contributed by atoms with Gasteiger partial charge in [0.25, 0.3) is 0 Å². The zero-order valence-corrected chi connectivity index (χ0v) is 13.8. The molecule has 0 saturated heterocycles. The first-order chi connectivity index (χ1) is 10.0. The Morgan fingerprint density at radius 3 is 2.52 bits per heavy atom. The molecule has 0 aliphatic carbocycles. The van der Waals surface area contributed by atoms with Gasteiger partial charge in [0.2, 0.25) is 0 Å². The standard InChI is InChI=1S/C15H20N4OSi/c1-5-20-14-12-8-11(19-9-16-17-10-19)6-7-13(12)18-15(14)21(2,3)4/h6-10,18H,5H2,1-4H3. The maximum Gasteiger partial charge on any atom is 0.143 e. The zero-order valence-electron chi connectivity index (χ0n) is 12.8. The number of benzene rings is 1. The minimum absolute atomic E-state index is 0.668. The first-order valence-electron chi connectivity index (χ1n) is 7.14. The topological polar surface area (TPSA) is 55.7 Å². The van der Waals surface area contributed by atoms with Crippen LogP contribution in [0.15, 0.2) is 30.9 Å². The molecule has 0 amide bonds. The molecule has 5 nitrogen and oxygen atoms in total. The van der Waals surface area contributed by atoms with E-state index < -0.39 is 8.07 Å². The molecule has 0 aliphatic heterocycles. The first-order valence-corrected chi connectivity index (χ1v) is 10.6. The van der Waals surface area contributed by atoms with Crippen LogP contribution in [0, 0.1) is 0 Å². The van der Waals surface area contributed by atoms with E-state index in [0.29, 0.717) is 6.61 Å². The quantitative estimate of drug-likeness (QED) is 0.754. The molecule has 21 heavy (non-hydrogen) atoms. The predicted molar refractivity (Wildman–Crippen MR) is 87.4 cm³/mol. The highest BCUT2D eigenvalue weighted by molar-refractivity contribution is 6.89. The Hall–Kier alpha value is -2.08. The van der Waals surface area contributed by atoms with Crippen molar-refractivity contribution in [3.8, 4) is 11.4 Å². The number of hydrogen-bond donors (Lipinski definition) is 1. The number of H-pyrrole nitrogens is 1. The largest absolute Gasteiger partial charge is 0.492 e. The summed E-state index contributed by atoms with van der Waals surface area (Å²) in [6, 6.07) is 6.28. The molecule has 3 aromatic rings. The van der Waals surface area contributed by atoms with Crippen LogP contribution in [0.3, 0.4) is 0 Å². The van der Waals surface area contributed by atoms with Gasteiger partial charge in [-0.05, 0) is 25.1 Å². The van der Waals surface area contributed by atoms with Crippen LogP contribution in [0.4, 0.5) is 0 Å². The van der Waals surface area contributed by atoms with Gasteiger partial charge in [-0.25, -0.2) is 0 Å². The second kappa shape index (κ2) is 5.03. The molecule has 1 N–H and O–H groups in total. The fraction of sp³-hybridized carbons (Fsp3) is 0.333. The highest BCUT2D eigenvalue weighted by Crippen LogP contribution is 2.28. The van der Waals surface area contributed by atoms with Gasteiger partial charge >= 0.3 is 0 Å². The van der Waals surface area contributed by atoms with E-state index in [-0.39, 0.29) is 0 Å². The van der Waals surface area contributed by atoms with E-state index in [2.05, 4.69) is 53.0 Å². The molecule has 0 spiro atoms. The first kappa shape index (κ1) is 13.9. The summed E-state index contributed by atoms with van der Waals surface area (Å²) in [5.74, 6) is 1.00. The van der Waals surface area contributed by atoms with Crippen LogP contribution in [0.5, 0.6) is 5.75 Å². The Balaban J connectivity index is 2.22. The maximum atomic E-state index is 5.95. The smallest absolute Gasteiger partial charge is 0.143 e. The third kappa shape index (κ3) is 2.46. The molecule has 2 heterocycles. The highest BCUT2D eigenvalue weighted by Gasteiger charge is 2.25. The Bertz CT molecular complexity index is 756. The van der Waals surface area contributed by atoms with Crippen molar-refractivity contribution < 1.29 is 4.74 Å². The Labute approximate surface area is 125 Å². The lowest BCUT2D eigenvalue weighted by Gasteiger charge is -2.16. The average Bonchev–Trinajstić information content (AvgIpc) is 3.05. The monoisotopic (exact) mass is 300 g/mol. The molecular weight excluding hydrogens is 280 g/mol. The van der Waals surface area contributed by atoms with Gasteiger partial charge in [-0.2, -0.15) is 0 Å². The van der Waals surface area contributed by atoms with Crippen molar-refractivity contribution >= 4 is 24.3 Å². The molecule has 0 unspecified atom stereocenters. The minimum atomic E-state index is -1.49. The van der Waals surface area contributed by atoms with Crippen LogP contribution < -0.4 is 10.1 Å². The van der Waals surface area contributed by atoms with Gasteiger partial charge in [-0.3, -0.25) is 4.57 Å². The summed E-state index contributed by atoms with van der Waals surface area (Å²) in [4.78, 5) is 3.56. The van der Waals surface area contributed by atoms with Crippen LogP contribution >= 0.6 is 0 Å². The van der Waals surface area contributed by atoms with Crippen molar-refractivity contribution in [2.24, 2.45) is 0 Å². The molecule has 110 valence electrons. The SMILES string of the molecule is CCOc1c([Si](C)(C)C)[nH]c2ccc(-n3cnnc3)cc12. The molecule has 3 rings (SSSR count). The highest BCUT2D eigenvalue weighted by atomic mass is 28.3. The molecular formula is C15H20N4OSi. The number of nitrogens with one attached hydrogen (secondary N) is 1. The molecule has 0 fully saturated rings. The van der Waals surface area contributed by atoms with Crippen molar-refractivity contribution in [3.05, 3.63) is 30.9 Å². The lowest BCUT2D eigenvalue weighted by atomic mass is 10.2. The summed E-state index contributed by atoms with van der Waals surface area (Å²) in [5.41, 5.74) is 2.15. The van der Waals surface area contributed by atoms with Gasteiger partial charge in [-0.1, -0.05) is 19.6 Å². The summed E-state index contributed by atoms with van der Waals surface area (Å²) in [5, 5.41) is 10.1. The van der Waals surface area contributed by atoms with Crippen LogP contribution in [0.1, 0.15) is 6.92 Å². The number of nitrogens with zero attached hydrogens (tertiary/aromatic N) is 3. The summed E-state index contributed by atoms with van der Waals surface area (Å²) >= 11 is 0. The van der Waals surface area contributed by atoms with Crippen molar-refractivity contribution in [1.82, 2.24) is 19.7 Å². The zero-order chi connectivity index (χ0) is 15.0. The van der Waals surface area contributed by atoms with Gasteiger partial charge < -0.3 is 9.72 Å². The summed E-state index contributed by atoms with van der Waals surface area (Å²) in [6.07, 6.45) is 3.40. The second-order valence-corrected chi connectivity index (χ2v) is 11.1. The molecule has 1 aromatic carbocycles. The fourth-order valence-electron chi connectivity index (χ4n) is 2.47. The number of rotatable bonds is 4. The Morgan fingerprint density at radius 2 is 1.90 bits per heavy atom. The van der Waals surface area contributed by atoms with Gasteiger partial charge in [-0.15, -0.1) is 10.2 Å². The van der Waals surface area contributed by atoms with Gasteiger partial charge in [0.1, 0.15) is 26.5 Å². The van der Waals surface area contributed by atoms with Crippen molar-refractivity contribution in [1.29, 1.82) is 0 Å². The van der Waals surface area contributed by atoms with E-state index in [9.17, 15) is 0 Å². The van der Waals surface area contributed by atoms with E-state index in [1.807, 2.05) is 11.5 Å². The van der Waals surface area contributed by atoms with Gasteiger partial charge in [0.05, 0.1) is 6.61 Å². The molecule has 0 aliphatic rings. The second-order valence-electron chi connectivity index (χ2n) is 6.11. The molecule has 0 radical (unpaired) electrons. The molecule has 2 aromatic heterocycles. The van der Waals surface area contributed by atoms with Crippen LogP contribution in [-0.4, -0.2) is 34.4 Å². The van der Waals surface area contributed by atoms with Crippen LogP contribution in [0.25, 0.3) is 16.6 Å². The number of aromatic nitrogens is 4. The predicted octanol–water partition coefficient (Wildman–Crippen LogP) is 2.69. The average molecular weight is 300 g/mol. The number of ether oxygens (including phenoxy) is 1. The third-order valence-electron chi connectivity index (χ3n) is 3.49. The molecule has 0 bridgehead atoms. The molecule has 6 heteroatoms. The number of aromatic amines is 1. The van der Waals surface area contributed by atoms with Crippen LogP contribution in [-0.2, 0) is 0 Å².